The number of carbonyl (C=O) groups excluding carboxylic acids is 1. The van der Waals surface area contributed by atoms with Gasteiger partial charge in [0.15, 0.2) is 0 Å². The zero-order chi connectivity index (χ0) is 16.5. The van der Waals surface area contributed by atoms with Crippen molar-refractivity contribution in [1.29, 1.82) is 0 Å². The summed E-state index contributed by atoms with van der Waals surface area (Å²) in [5, 5.41) is 4.73. The van der Waals surface area contributed by atoms with E-state index in [1.165, 1.54) is 18.0 Å². The number of carbonyl (C=O) groups is 1. The fourth-order valence-electron chi connectivity index (χ4n) is 1.70. The summed E-state index contributed by atoms with van der Waals surface area (Å²) < 4.78 is 10.4. The first-order chi connectivity index (χ1) is 11.2. The monoisotopic (exact) mass is 331 g/mol. The number of nitrogens with zero attached hydrogens (tertiary/aromatic N) is 2. The van der Waals surface area contributed by atoms with Gasteiger partial charge in [-0.2, -0.15) is 5.10 Å². The Kier molecular flexibility index (Phi) is 6.43. The second-order valence-corrected chi connectivity index (χ2v) is 5.35. The summed E-state index contributed by atoms with van der Waals surface area (Å²) in [6.45, 7) is 0. The van der Waals surface area contributed by atoms with Gasteiger partial charge < -0.3 is 9.47 Å². The Morgan fingerprint density at radius 2 is 2.17 bits per heavy atom. The fourth-order valence-corrected chi connectivity index (χ4v) is 2.36. The van der Waals surface area contributed by atoms with Crippen LogP contribution in [0, 0.1) is 0 Å². The van der Waals surface area contributed by atoms with Crippen LogP contribution in [-0.2, 0) is 4.79 Å². The predicted molar refractivity (Wildman–Crippen MR) is 90.2 cm³/mol. The van der Waals surface area contributed by atoms with Crippen LogP contribution < -0.4 is 14.9 Å². The lowest BCUT2D eigenvalue weighted by Crippen LogP contribution is -2.19. The van der Waals surface area contributed by atoms with Crippen molar-refractivity contribution in [3.8, 4) is 11.5 Å². The van der Waals surface area contributed by atoms with Gasteiger partial charge in [-0.1, -0.05) is 17.8 Å². The van der Waals surface area contributed by atoms with E-state index in [4.69, 9.17) is 9.47 Å². The van der Waals surface area contributed by atoms with Crippen LogP contribution in [0.1, 0.15) is 5.56 Å². The highest BCUT2D eigenvalue weighted by Crippen LogP contribution is 2.23. The lowest BCUT2D eigenvalue weighted by molar-refractivity contribution is -0.118. The van der Waals surface area contributed by atoms with E-state index in [-0.39, 0.29) is 11.7 Å². The van der Waals surface area contributed by atoms with Crippen LogP contribution in [-0.4, -0.2) is 37.1 Å². The van der Waals surface area contributed by atoms with Crippen LogP contribution in [0.25, 0.3) is 0 Å². The van der Waals surface area contributed by atoms with Crippen molar-refractivity contribution in [2.45, 2.75) is 5.03 Å². The smallest absolute Gasteiger partial charge is 0.250 e. The minimum absolute atomic E-state index is 0.204. The molecule has 0 spiro atoms. The lowest BCUT2D eigenvalue weighted by Gasteiger charge is -2.06. The van der Waals surface area contributed by atoms with Crippen molar-refractivity contribution in [3.05, 3.63) is 48.2 Å². The van der Waals surface area contributed by atoms with Gasteiger partial charge in [-0.25, -0.2) is 10.4 Å². The number of benzene rings is 1. The zero-order valence-corrected chi connectivity index (χ0v) is 13.7. The van der Waals surface area contributed by atoms with Gasteiger partial charge in [-0.15, -0.1) is 0 Å². The van der Waals surface area contributed by atoms with E-state index in [0.29, 0.717) is 11.5 Å². The van der Waals surface area contributed by atoms with Crippen LogP contribution in [0.2, 0.25) is 0 Å². The van der Waals surface area contributed by atoms with E-state index >= 15 is 0 Å². The normalized spacial score (nSPS) is 10.5. The molecule has 2 aromatic rings. The van der Waals surface area contributed by atoms with Crippen LogP contribution in [0.15, 0.2) is 52.7 Å². The van der Waals surface area contributed by atoms with Crippen molar-refractivity contribution in [1.82, 2.24) is 10.4 Å². The molecule has 23 heavy (non-hydrogen) atoms. The van der Waals surface area contributed by atoms with Crippen LogP contribution in [0.3, 0.4) is 0 Å². The Hall–Kier alpha value is -2.54. The Morgan fingerprint density at radius 3 is 2.87 bits per heavy atom. The molecule has 7 heteroatoms. The first kappa shape index (κ1) is 16.8. The summed E-state index contributed by atoms with van der Waals surface area (Å²) in [7, 11) is 3.15. The Morgan fingerprint density at radius 1 is 1.30 bits per heavy atom. The standard InChI is InChI=1S/C16H17N3O3S/c1-21-13-7-6-12(14(9-13)22-2)10-18-19-15(20)11-23-16-5-3-4-8-17-16/h3-10H,11H2,1-2H3,(H,19,20). The van der Waals surface area contributed by atoms with Gasteiger partial charge in [0.25, 0.3) is 0 Å². The quantitative estimate of drug-likeness (QED) is 0.479. The summed E-state index contributed by atoms with van der Waals surface area (Å²) in [6.07, 6.45) is 3.22. The molecule has 2 rings (SSSR count). The van der Waals surface area contributed by atoms with E-state index in [1.807, 2.05) is 18.2 Å². The first-order valence-corrected chi connectivity index (χ1v) is 7.79. The molecule has 120 valence electrons. The lowest BCUT2D eigenvalue weighted by atomic mass is 10.2. The number of nitrogens with one attached hydrogen (secondary N) is 1. The zero-order valence-electron chi connectivity index (χ0n) is 12.9. The van der Waals surface area contributed by atoms with Crippen molar-refractivity contribution in [2.24, 2.45) is 5.10 Å². The second-order valence-electron chi connectivity index (χ2n) is 4.36. The minimum atomic E-state index is -0.204. The molecule has 0 aliphatic rings. The number of hydrogen-bond acceptors (Lipinski definition) is 6. The highest BCUT2D eigenvalue weighted by molar-refractivity contribution is 7.99. The van der Waals surface area contributed by atoms with Gasteiger partial charge >= 0.3 is 0 Å². The molecular weight excluding hydrogens is 314 g/mol. The SMILES string of the molecule is COc1ccc(C=NNC(=O)CSc2ccccn2)c(OC)c1. The topological polar surface area (TPSA) is 72.8 Å². The van der Waals surface area contributed by atoms with E-state index in [1.54, 1.807) is 38.6 Å². The summed E-state index contributed by atoms with van der Waals surface area (Å²) in [6, 6.07) is 10.9. The maximum atomic E-state index is 11.7. The number of pyridine rings is 1. The number of aromatic nitrogens is 1. The number of rotatable bonds is 7. The summed E-state index contributed by atoms with van der Waals surface area (Å²) in [5.41, 5.74) is 3.22. The third-order valence-electron chi connectivity index (χ3n) is 2.82. The summed E-state index contributed by atoms with van der Waals surface area (Å²) >= 11 is 1.35. The first-order valence-electron chi connectivity index (χ1n) is 6.80. The third-order valence-corrected chi connectivity index (χ3v) is 3.77. The molecule has 0 bridgehead atoms. The summed E-state index contributed by atoms with van der Waals surface area (Å²) in [5.74, 6) is 1.35. The Balaban J connectivity index is 1.87. The number of hydrazone groups is 1. The maximum Gasteiger partial charge on any atom is 0.250 e. The van der Waals surface area contributed by atoms with E-state index in [0.717, 1.165) is 10.6 Å². The molecule has 0 saturated carbocycles. The minimum Gasteiger partial charge on any atom is -0.497 e. The molecule has 1 N–H and O–H groups in total. The Bertz CT molecular complexity index is 678. The van der Waals surface area contributed by atoms with Gasteiger partial charge in [-0.05, 0) is 24.3 Å². The van der Waals surface area contributed by atoms with E-state index < -0.39 is 0 Å². The molecule has 0 fully saturated rings. The van der Waals surface area contributed by atoms with Gasteiger partial charge in [0.1, 0.15) is 11.5 Å². The number of hydrogen-bond donors (Lipinski definition) is 1. The van der Waals surface area contributed by atoms with Gasteiger partial charge in [0.2, 0.25) is 5.91 Å². The molecule has 0 aliphatic carbocycles. The van der Waals surface area contributed by atoms with Gasteiger partial charge in [0.05, 0.1) is 31.2 Å². The van der Waals surface area contributed by atoms with Crippen LogP contribution in [0.4, 0.5) is 0 Å². The second kappa shape index (κ2) is 8.79. The van der Waals surface area contributed by atoms with Crippen molar-refractivity contribution in [2.75, 3.05) is 20.0 Å². The number of methoxy groups -OCH3 is 2. The summed E-state index contributed by atoms with van der Waals surface area (Å²) in [4.78, 5) is 15.9. The maximum absolute atomic E-state index is 11.7. The average Bonchev–Trinajstić information content (AvgIpc) is 2.61. The highest BCUT2D eigenvalue weighted by atomic mass is 32.2. The molecule has 1 amide bonds. The Labute approximate surface area is 138 Å². The predicted octanol–water partition coefficient (Wildman–Crippen LogP) is 2.34. The van der Waals surface area contributed by atoms with Crippen molar-refractivity contribution < 1.29 is 14.3 Å². The molecule has 0 unspecified atom stereocenters. The number of amides is 1. The van der Waals surface area contributed by atoms with Gasteiger partial charge in [0, 0.05) is 17.8 Å². The van der Waals surface area contributed by atoms with E-state index in [2.05, 4.69) is 15.5 Å². The van der Waals surface area contributed by atoms with E-state index in [9.17, 15) is 4.79 Å². The molecule has 1 aromatic heterocycles. The largest absolute Gasteiger partial charge is 0.497 e. The molecule has 6 nitrogen and oxygen atoms in total. The molecule has 0 atom stereocenters. The van der Waals surface area contributed by atoms with Crippen LogP contribution in [0.5, 0.6) is 11.5 Å². The fraction of sp³-hybridized carbons (Fsp3) is 0.188. The van der Waals surface area contributed by atoms with Crippen molar-refractivity contribution in [3.63, 3.8) is 0 Å². The van der Waals surface area contributed by atoms with Gasteiger partial charge in [-0.3, -0.25) is 4.79 Å². The molecule has 0 radical (unpaired) electrons. The molecule has 0 aliphatic heterocycles. The third kappa shape index (κ3) is 5.30. The highest BCUT2D eigenvalue weighted by Gasteiger charge is 2.04. The average molecular weight is 331 g/mol. The number of ether oxygens (including phenoxy) is 2. The molecule has 1 aromatic carbocycles. The van der Waals surface area contributed by atoms with Crippen molar-refractivity contribution >= 4 is 23.9 Å². The molecule has 1 heterocycles. The molecule has 0 saturated heterocycles. The number of thioether (sulfide) groups is 1. The van der Waals surface area contributed by atoms with Crippen LogP contribution >= 0.6 is 11.8 Å². The molecular formula is C16H17N3O3S.